The molecule has 1 saturated carbocycles. The summed E-state index contributed by atoms with van der Waals surface area (Å²) in [5.41, 5.74) is 2.65. The highest BCUT2D eigenvalue weighted by atomic mass is 35.5. The molecule has 0 unspecified atom stereocenters. The summed E-state index contributed by atoms with van der Waals surface area (Å²) in [5, 5.41) is 14.8. The Hall–Kier alpha value is -2.43. The monoisotopic (exact) mass is 352 g/mol. The highest BCUT2D eigenvalue weighted by Crippen LogP contribution is 2.32. The van der Waals surface area contributed by atoms with Gasteiger partial charge in [-0.15, -0.1) is 0 Å². The first-order chi connectivity index (χ1) is 12.1. The van der Waals surface area contributed by atoms with Crippen LogP contribution in [0.2, 0.25) is 5.02 Å². The third-order valence-corrected chi connectivity index (χ3v) is 4.78. The zero-order chi connectivity index (χ0) is 17.4. The summed E-state index contributed by atoms with van der Waals surface area (Å²) in [6.07, 6.45) is 3.69. The van der Waals surface area contributed by atoms with Crippen molar-refractivity contribution in [1.29, 1.82) is 0 Å². The van der Waals surface area contributed by atoms with Gasteiger partial charge in [-0.05, 0) is 53.6 Å². The van der Waals surface area contributed by atoms with Gasteiger partial charge in [0.05, 0.1) is 6.61 Å². The fourth-order valence-corrected chi connectivity index (χ4v) is 3.07. The number of hydrogen-bond acceptors (Lipinski definition) is 3. The number of nitrogens with one attached hydrogen (secondary N) is 1. The molecule has 1 fully saturated rings. The van der Waals surface area contributed by atoms with Gasteiger partial charge in [0.1, 0.15) is 5.82 Å². The molecule has 4 nitrogen and oxygen atoms in total. The molecule has 1 aliphatic rings. The molecule has 0 bridgehead atoms. The van der Waals surface area contributed by atoms with Crippen LogP contribution in [0.25, 0.3) is 21.9 Å². The van der Waals surface area contributed by atoms with Crippen molar-refractivity contribution < 1.29 is 9.90 Å². The van der Waals surface area contributed by atoms with E-state index < -0.39 is 0 Å². The molecule has 0 spiro atoms. The SMILES string of the molecule is O=C(Nc1cc2ccc(-c3cc(CO)ccc3Cl)cc2cn1)C1CC1. The van der Waals surface area contributed by atoms with Crippen LogP contribution in [-0.4, -0.2) is 16.0 Å². The van der Waals surface area contributed by atoms with Crippen LogP contribution < -0.4 is 5.32 Å². The molecule has 0 radical (unpaired) electrons. The number of halogens is 1. The smallest absolute Gasteiger partial charge is 0.228 e. The lowest BCUT2D eigenvalue weighted by molar-refractivity contribution is -0.117. The van der Waals surface area contributed by atoms with E-state index in [0.29, 0.717) is 10.8 Å². The average Bonchev–Trinajstić information content (AvgIpc) is 3.47. The van der Waals surface area contributed by atoms with Crippen LogP contribution in [0.3, 0.4) is 0 Å². The number of anilines is 1. The van der Waals surface area contributed by atoms with E-state index in [-0.39, 0.29) is 18.4 Å². The van der Waals surface area contributed by atoms with Gasteiger partial charge in [0.15, 0.2) is 0 Å². The standard InChI is InChI=1S/C20H17ClN2O2/c21-18-6-1-12(11-24)7-17(18)15-5-4-14-9-19(22-10-16(14)8-15)23-20(25)13-2-3-13/h1,4-10,13,24H,2-3,11H2,(H,22,23,25). The quantitative estimate of drug-likeness (QED) is 0.731. The first-order valence-electron chi connectivity index (χ1n) is 8.24. The van der Waals surface area contributed by atoms with Crippen molar-refractivity contribution in [3.05, 3.63) is 59.2 Å². The van der Waals surface area contributed by atoms with Gasteiger partial charge in [-0.1, -0.05) is 29.8 Å². The lowest BCUT2D eigenvalue weighted by atomic mass is 10.0. The third-order valence-electron chi connectivity index (χ3n) is 4.45. The normalized spacial score (nSPS) is 13.8. The Kier molecular flexibility index (Phi) is 4.15. The van der Waals surface area contributed by atoms with Gasteiger partial charge in [0.25, 0.3) is 0 Å². The number of hydrogen-bond donors (Lipinski definition) is 2. The van der Waals surface area contributed by atoms with Crippen LogP contribution in [0.4, 0.5) is 5.82 Å². The number of aliphatic hydroxyl groups excluding tert-OH is 1. The lowest BCUT2D eigenvalue weighted by Crippen LogP contribution is -2.14. The summed E-state index contributed by atoms with van der Waals surface area (Å²) in [5.74, 6) is 0.786. The van der Waals surface area contributed by atoms with Crippen LogP contribution in [0, 0.1) is 5.92 Å². The summed E-state index contributed by atoms with van der Waals surface area (Å²) in [6, 6.07) is 13.4. The van der Waals surface area contributed by atoms with Crippen molar-refractivity contribution in [3.63, 3.8) is 0 Å². The number of fused-ring (bicyclic) bond motifs is 1. The van der Waals surface area contributed by atoms with E-state index in [4.69, 9.17) is 11.6 Å². The number of aromatic nitrogens is 1. The molecular weight excluding hydrogens is 336 g/mol. The topological polar surface area (TPSA) is 62.2 Å². The molecule has 126 valence electrons. The van der Waals surface area contributed by atoms with Crippen LogP contribution in [0.15, 0.2) is 48.7 Å². The Balaban J connectivity index is 1.67. The molecule has 1 amide bonds. The average molecular weight is 353 g/mol. The number of nitrogens with zero attached hydrogens (tertiary/aromatic N) is 1. The van der Waals surface area contributed by atoms with Crippen molar-refractivity contribution >= 4 is 34.1 Å². The maximum Gasteiger partial charge on any atom is 0.228 e. The summed E-state index contributed by atoms with van der Waals surface area (Å²) < 4.78 is 0. The van der Waals surface area contributed by atoms with Gasteiger partial charge in [0.2, 0.25) is 5.91 Å². The van der Waals surface area contributed by atoms with Crippen LogP contribution in [0.1, 0.15) is 18.4 Å². The maximum atomic E-state index is 11.9. The summed E-state index contributed by atoms with van der Waals surface area (Å²) in [7, 11) is 0. The van der Waals surface area contributed by atoms with E-state index in [2.05, 4.69) is 10.3 Å². The molecule has 0 aliphatic heterocycles. The molecule has 1 heterocycles. The summed E-state index contributed by atoms with van der Waals surface area (Å²) in [6.45, 7) is -0.0244. The number of rotatable bonds is 4. The molecule has 1 aromatic heterocycles. The van der Waals surface area contributed by atoms with Gasteiger partial charge in [-0.25, -0.2) is 4.98 Å². The second kappa shape index (κ2) is 6.47. The molecule has 2 aromatic carbocycles. The third kappa shape index (κ3) is 3.36. The molecule has 1 aliphatic carbocycles. The fourth-order valence-electron chi connectivity index (χ4n) is 2.84. The van der Waals surface area contributed by atoms with Crippen molar-refractivity contribution in [3.8, 4) is 11.1 Å². The Bertz CT molecular complexity index is 967. The number of benzene rings is 2. The second-order valence-electron chi connectivity index (χ2n) is 6.37. The molecule has 0 atom stereocenters. The first-order valence-corrected chi connectivity index (χ1v) is 8.62. The Morgan fingerprint density at radius 3 is 2.76 bits per heavy atom. The number of aliphatic hydroxyl groups is 1. The molecule has 3 aromatic rings. The maximum absolute atomic E-state index is 11.9. The van der Waals surface area contributed by atoms with E-state index >= 15 is 0 Å². The van der Waals surface area contributed by atoms with Gasteiger partial charge >= 0.3 is 0 Å². The van der Waals surface area contributed by atoms with E-state index in [1.54, 1.807) is 12.3 Å². The highest BCUT2D eigenvalue weighted by molar-refractivity contribution is 6.33. The van der Waals surface area contributed by atoms with Crippen molar-refractivity contribution in [2.24, 2.45) is 5.92 Å². The number of pyridine rings is 1. The van der Waals surface area contributed by atoms with E-state index in [0.717, 1.165) is 40.3 Å². The Morgan fingerprint density at radius 1 is 1.16 bits per heavy atom. The second-order valence-corrected chi connectivity index (χ2v) is 6.77. The van der Waals surface area contributed by atoms with Gasteiger partial charge in [-0.2, -0.15) is 0 Å². The van der Waals surface area contributed by atoms with Gasteiger partial charge in [-0.3, -0.25) is 4.79 Å². The molecule has 5 heteroatoms. The number of carbonyl (C=O) groups is 1. The predicted octanol–water partition coefficient (Wildman–Crippen LogP) is 4.40. The predicted molar refractivity (Wildman–Crippen MR) is 99.5 cm³/mol. The Labute approximate surface area is 150 Å². The lowest BCUT2D eigenvalue weighted by Gasteiger charge is -2.09. The van der Waals surface area contributed by atoms with E-state index in [9.17, 15) is 9.90 Å². The van der Waals surface area contributed by atoms with Gasteiger partial charge in [0, 0.05) is 28.1 Å². The van der Waals surface area contributed by atoms with E-state index in [1.807, 2.05) is 36.4 Å². The summed E-state index contributed by atoms with van der Waals surface area (Å²) in [4.78, 5) is 16.2. The minimum Gasteiger partial charge on any atom is -0.392 e. The van der Waals surface area contributed by atoms with Crippen LogP contribution in [0.5, 0.6) is 0 Å². The zero-order valence-corrected chi connectivity index (χ0v) is 14.3. The van der Waals surface area contributed by atoms with Crippen molar-refractivity contribution in [1.82, 2.24) is 4.98 Å². The number of carbonyl (C=O) groups excluding carboxylic acids is 1. The fraction of sp³-hybridized carbons (Fsp3) is 0.200. The molecule has 2 N–H and O–H groups in total. The highest BCUT2D eigenvalue weighted by Gasteiger charge is 2.29. The zero-order valence-electron chi connectivity index (χ0n) is 13.5. The first kappa shape index (κ1) is 16.1. The van der Waals surface area contributed by atoms with Gasteiger partial charge < -0.3 is 10.4 Å². The molecule has 25 heavy (non-hydrogen) atoms. The minimum atomic E-state index is -0.0244. The van der Waals surface area contributed by atoms with Crippen LogP contribution >= 0.6 is 11.6 Å². The van der Waals surface area contributed by atoms with Crippen LogP contribution in [-0.2, 0) is 11.4 Å². The Morgan fingerprint density at radius 2 is 2.00 bits per heavy atom. The minimum absolute atomic E-state index is 0.0244. The van der Waals surface area contributed by atoms with Crippen molar-refractivity contribution in [2.75, 3.05) is 5.32 Å². The van der Waals surface area contributed by atoms with Crippen molar-refractivity contribution in [2.45, 2.75) is 19.4 Å². The molecule has 4 rings (SSSR count). The largest absolute Gasteiger partial charge is 0.392 e. The number of amides is 1. The summed E-state index contributed by atoms with van der Waals surface area (Å²) >= 11 is 6.31. The van der Waals surface area contributed by atoms with E-state index in [1.165, 1.54) is 0 Å². The molecule has 0 saturated heterocycles. The molecular formula is C20H17ClN2O2.